The maximum Gasteiger partial charge on any atom is 0.341 e. The van der Waals surface area contributed by atoms with E-state index >= 15 is 0 Å². The third kappa shape index (κ3) is 2.17. The summed E-state index contributed by atoms with van der Waals surface area (Å²) in [7, 11) is 1.35. The highest BCUT2D eigenvalue weighted by Gasteiger charge is 2.14. The lowest BCUT2D eigenvalue weighted by molar-refractivity contribution is 0.0600. The summed E-state index contributed by atoms with van der Waals surface area (Å²) >= 11 is 5.81. The average molecular weight is 251 g/mol. The second-order valence-electron chi connectivity index (χ2n) is 3.52. The molecule has 0 saturated heterocycles. The van der Waals surface area contributed by atoms with Crippen LogP contribution in [0.1, 0.15) is 16.1 Å². The number of benzene rings is 1. The Morgan fingerprint density at radius 1 is 1.35 bits per heavy atom. The van der Waals surface area contributed by atoms with Crippen molar-refractivity contribution >= 4 is 17.6 Å². The van der Waals surface area contributed by atoms with Gasteiger partial charge < -0.3 is 4.74 Å². The summed E-state index contributed by atoms with van der Waals surface area (Å²) in [5, 5.41) is 4.82. The predicted octanol–water partition coefficient (Wildman–Crippen LogP) is 2.62. The van der Waals surface area contributed by atoms with Crippen LogP contribution in [-0.2, 0) is 4.74 Å². The lowest BCUT2D eigenvalue weighted by Gasteiger charge is -2.04. The Morgan fingerprint density at radius 2 is 2.00 bits per heavy atom. The predicted molar refractivity (Wildman–Crippen MR) is 64.7 cm³/mol. The van der Waals surface area contributed by atoms with Gasteiger partial charge >= 0.3 is 5.97 Å². The normalized spacial score (nSPS) is 10.3. The minimum absolute atomic E-state index is 0.386. The Labute approximate surface area is 104 Å². The molecular formula is C12H11ClN2O2. The molecule has 5 heteroatoms. The smallest absolute Gasteiger partial charge is 0.341 e. The molecule has 2 aromatic rings. The zero-order valence-corrected chi connectivity index (χ0v) is 10.2. The van der Waals surface area contributed by atoms with Gasteiger partial charge in [0, 0.05) is 5.02 Å². The topological polar surface area (TPSA) is 44.1 Å². The van der Waals surface area contributed by atoms with Gasteiger partial charge in [-0.15, -0.1) is 0 Å². The van der Waals surface area contributed by atoms with Gasteiger partial charge in [0.2, 0.25) is 0 Å². The first-order chi connectivity index (χ1) is 8.13. The molecule has 1 aromatic carbocycles. The van der Waals surface area contributed by atoms with Gasteiger partial charge in [-0.25, -0.2) is 9.48 Å². The SMILES string of the molecule is COC(=O)c1cnn(-c2ccc(Cl)cc2)c1C. The standard InChI is InChI=1S/C12H11ClN2O2/c1-8-11(12(16)17-2)7-14-15(8)10-5-3-9(13)4-6-10/h3-7H,1-2H3. The number of halogens is 1. The summed E-state index contributed by atoms with van der Waals surface area (Å²) in [6, 6.07) is 7.22. The van der Waals surface area contributed by atoms with Crippen LogP contribution in [0.15, 0.2) is 30.5 Å². The van der Waals surface area contributed by atoms with Crippen molar-refractivity contribution in [3.63, 3.8) is 0 Å². The summed E-state index contributed by atoms with van der Waals surface area (Å²) in [6.07, 6.45) is 1.50. The molecule has 4 nitrogen and oxygen atoms in total. The van der Waals surface area contributed by atoms with Crippen molar-refractivity contribution in [1.82, 2.24) is 9.78 Å². The Bertz CT molecular complexity index is 546. The highest BCUT2D eigenvalue weighted by Crippen LogP contribution is 2.17. The molecule has 0 unspecified atom stereocenters. The minimum atomic E-state index is -0.386. The number of esters is 1. The van der Waals surface area contributed by atoms with Gasteiger partial charge in [0.1, 0.15) is 5.56 Å². The van der Waals surface area contributed by atoms with Gasteiger partial charge in [-0.3, -0.25) is 0 Å². The van der Waals surface area contributed by atoms with Crippen molar-refractivity contribution in [1.29, 1.82) is 0 Å². The van der Waals surface area contributed by atoms with Gasteiger partial charge in [0.25, 0.3) is 0 Å². The molecular weight excluding hydrogens is 240 g/mol. The molecule has 0 bridgehead atoms. The maximum absolute atomic E-state index is 11.4. The maximum atomic E-state index is 11.4. The van der Waals surface area contributed by atoms with Gasteiger partial charge in [0.05, 0.1) is 24.7 Å². The first-order valence-electron chi connectivity index (χ1n) is 5.02. The summed E-state index contributed by atoms with van der Waals surface area (Å²) in [5.41, 5.74) is 2.05. The first kappa shape index (κ1) is 11.7. The third-order valence-corrected chi connectivity index (χ3v) is 2.74. The molecule has 0 amide bonds. The number of aromatic nitrogens is 2. The molecule has 88 valence electrons. The summed E-state index contributed by atoms with van der Waals surface area (Å²) in [4.78, 5) is 11.4. The molecule has 0 atom stereocenters. The zero-order valence-electron chi connectivity index (χ0n) is 9.48. The van der Waals surface area contributed by atoms with E-state index in [9.17, 15) is 4.79 Å². The monoisotopic (exact) mass is 250 g/mol. The van der Waals surface area contributed by atoms with Crippen LogP contribution in [0.4, 0.5) is 0 Å². The van der Waals surface area contributed by atoms with Crippen LogP contribution < -0.4 is 0 Å². The lowest BCUT2D eigenvalue weighted by atomic mass is 10.2. The summed E-state index contributed by atoms with van der Waals surface area (Å²) in [6.45, 7) is 1.81. The van der Waals surface area contributed by atoms with Crippen molar-refractivity contribution in [2.75, 3.05) is 7.11 Å². The van der Waals surface area contributed by atoms with E-state index in [1.54, 1.807) is 16.8 Å². The first-order valence-corrected chi connectivity index (χ1v) is 5.40. The van der Waals surface area contributed by atoms with E-state index < -0.39 is 0 Å². The van der Waals surface area contributed by atoms with Gasteiger partial charge in [-0.1, -0.05) is 11.6 Å². The summed E-state index contributed by atoms with van der Waals surface area (Å²) in [5.74, 6) is -0.386. The molecule has 17 heavy (non-hydrogen) atoms. The van der Waals surface area contributed by atoms with E-state index in [1.165, 1.54) is 13.3 Å². The van der Waals surface area contributed by atoms with Gasteiger partial charge in [-0.2, -0.15) is 5.10 Å². The molecule has 0 fully saturated rings. The Hall–Kier alpha value is -1.81. The van der Waals surface area contributed by atoms with E-state index in [4.69, 9.17) is 11.6 Å². The van der Waals surface area contributed by atoms with Crippen molar-refractivity contribution in [3.8, 4) is 5.69 Å². The Balaban J connectivity index is 2.44. The largest absolute Gasteiger partial charge is 0.465 e. The van der Waals surface area contributed by atoms with Crippen LogP contribution in [0.5, 0.6) is 0 Å². The van der Waals surface area contributed by atoms with E-state index in [-0.39, 0.29) is 5.97 Å². The number of carbonyl (C=O) groups is 1. The number of hydrogen-bond donors (Lipinski definition) is 0. The highest BCUT2D eigenvalue weighted by molar-refractivity contribution is 6.30. The quantitative estimate of drug-likeness (QED) is 0.770. The van der Waals surface area contributed by atoms with E-state index in [0.29, 0.717) is 10.6 Å². The van der Waals surface area contributed by atoms with Crippen LogP contribution >= 0.6 is 11.6 Å². The number of ether oxygens (including phenoxy) is 1. The number of carbonyl (C=O) groups excluding carboxylic acids is 1. The van der Waals surface area contributed by atoms with Crippen molar-refractivity contribution in [3.05, 3.63) is 46.7 Å². The molecule has 0 aliphatic rings. The van der Waals surface area contributed by atoms with E-state index in [1.807, 2.05) is 19.1 Å². The molecule has 1 aromatic heterocycles. The molecule has 0 saturated carbocycles. The van der Waals surface area contributed by atoms with Crippen molar-refractivity contribution in [2.24, 2.45) is 0 Å². The van der Waals surface area contributed by atoms with Crippen molar-refractivity contribution < 1.29 is 9.53 Å². The van der Waals surface area contributed by atoms with Gasteiger partial charge in [-0.05, 0) is 31.2 Å². The van der Waals surface area contributed by atoms with Crippen molar-refractivity contribution in [2.45, 2.75) is 6.92 Å². The van der Waals surface area contributed by atoms with Crippen LogP contribution in [0.25, 0.3) is 5.69 Å². The fourth-order valence-electron chi connectivity index (χ4n) is 1.56. The van der Waals surface area contributed by atoms with Crippen LogP contribution in [0, 0.1) is 6.92 Å². The molecule has 0 aliphatic carbocycles. The van der Waals surface area contributed by atoms with E-state index in [0.717, 1.165) is 11.4 Å². The average Bonchev–Trinajstić information content (AvgIpc) is 2.71. The summed E-state index contributed by atoms with van der Waals surface area (Å²) < 4.78 is 6.34. The van der Waals surface area contributed by atoms with Crippen LogP contribution in [0.2, 0.25) is 5.02 Å². The minimum Gasteiger partial charge on any atom is -0.465 e. The number of methoxy groups -OCH3 is 1. The lowest BCUT2D eigenvalue weighted by Crippen LogP contribution is -2.04. The molecule has 0 spiro atoms. The molecule has 2 rings (SSSR count). The highest BCUT2D eigenvalue weighted by atomic mass is 35.5. The number of rotatable bonds is 2. The zero-order chi connectivity index (χ0) is 12.4. The van der Waals surface area contributed by atoms with E-state index in [2.05, 4.69) is 9.84 Å². The fraction of sp³-hybridized carbons (Fsp3) is 0.167. The Morgan fingerprint density at radius 3 is 2.59 bits per heavy atom. The van der Waals surface area contributed by atoms with Crippen LogP contribution in [0.3, 0.4) is 0 Å². The van der Waals surface area contributed by atoms with Crippen LogP contribution in [-0.4, -0.2) is 22.9 Å². The second-order valence-corrected chi connectivity index (χ2v) is 3.96. The molecule has 1 heterocycles. The molecule has 0 aliphatic heterocycles. The fourth-order valence-corrected chi connectivity index (χ4v) is 1.69. The molecule has 0 radical (unpaired) electrons. The Kier molecular flexibility index (Phi) is 3.15. The molecule has 0 N–H and O–H groups in total. The third-order valence-electron chi connectivity index (χ3n) is 2.49. The van der Waals surface area contributed by atoms with Gasteiger partial charge in [0.15, 0.2) is 0 Å². The number of hydrogen-bond acceptors (Lipinski definition) is 3. The second kappa shape index (κ2) is 4.59. The number of nitrogens with zero attached hydrogens (tertiary/aromatic N) is 2.